The van der Waals surface area contributed by atoms with Gasteiger partial charge < -0.3 is 9.30 Å². The molecule has 152 valence electrons. The van der Waals surface area contributed by atoms with Crippen molar-refractivity contribution in [3.63, 3.8) is 0 Å². The third-order valence-electron chi connectivity index (χ3n) is 5.78. The van der Waals surface area contributed by atoms with Crippen molar-refractivity contribution in [3.8, 4) is 0 Å². The lowest BCUT2D eigenvalue weighted by Crippen LogP contribution is -2.35. The van der Waals surface area contributed by atoms with Crippen LogP contribution in [0, 0.1) is 0 Å². The Balaban J connectivity index is 1.22. The van der Waals surface area contributed by atoms with E-state index in [9.17, 15) is 14.4 Å². The molecule has 0 N–H and O–H groups in total. The summed E-state index contributed by atoms with van der Waals surface area (Å²) in [5.41, 5.74) is 2.73. The Kier molecular flexibility index (Phi) is 4.58. The third-order valence-corrected chi connectivity index (χ3v) is 5.78. The molecule has 7 nitrogen and oxygen atoms in total. The van der Waals surface area contributed by atoms with Crippen molar-refractivity contribution >= 4 is 23.4 Å². The first-order valence-corrected chi connectivity index (χ1v) is 10.3. The average molecular weight is 402 g/mol. The van der Waals surface area contributed by atoms with Crippen LogP contribution in [0.4, 0.5) is 0 Å². The Morgan fingerprint density at radius 2 is 1.73 bits per heavy atom. The molecule has 1 fully saturated rings. The highest BCUT2D eigenvalue weighted by molar-refractivity contribution is 6.21. The zero-order chi connectivity index (χ0) is 20.7. The second kappa shape index (κ2) is 7.40. The molecule has 0 radical (unpaired) electrons. The maximum absolute atomic E-state index is 12.9. The van der Waals surface area contributed by atoms with Gasteiger partial charge in [-0.1, -0.05) is 18.2 Å². The van der Waals surface area contributed by atoms with E-state index in [1.807, 2.05) is 39.9 Å². The Morgan fingerprint density at radius 1 is 1.03 bits per heavy atom. The zero-order valence-electron chi connectivity index (χ0n) is 16.5. The van der Waals surface area contributed by atoms with Crippen LogP contribution in [0.2, 0.25) is 0 Å². The number of hydrogen-bond acceptors (Lipinski definition) is 4. The Labute approximate surface area is 173 Å². The summed E-state index contributed by atoms with van der Waals surface area (Å²) >= 11 is 0. The van der Waals surface area contributed by atoms with Crippen LogP contribution in [0.25, 0.3) is 5.65 Å². The molecule has 2 aromatic heterocycles. The number of imide groups is 1. The van der Waals surface area contributed by atoms with Gasteiger partial charge in [0, 0.05) is 25.2 Å². The maximum Gasteiger partial charge on any atom is 0.261 e. The number of pyridine rings is 1. The summed E-state index contributed by atoms with van der Waals surface area (Å²) in [6.45, 7) is 0.772. The highest BCUT2D eigenvalue weighted by atomic mass is 16.2. The lowest BCUT2D eigenvalue weighted by Gasteiger charge is -2.23. The predicted molar refractivity (Wildman–Crippen MR) is 110 cm³/mol. The number of aromatic nitrogens is 2. The fourth-order valence-corrected chi connectivity index (χ4v) is 4.06. The summed E-state index contributed by atoms with van der Waals surface area (Å²) in [4.78, 5) is 45.5. The van der Waals surface area contributed by atoms with Gasteiger partial charge in [0.05, 0.1) is 29.6 Å². The van der Waals surface area contributed by atoms with Gasteiger partial charge in [-0.2, -0.15) is 0 Å². The number of nitrogens with zero attached hydrogens (tertiary/aromatic N) is 4. The predicted octanol–water partition coefficient (Wildman–Crippen LogP) is 2.90. The lowest BCUT2D eigenvalue weighted by atomic mass is 10.1. The Hall–Kier alpha value is -3.48. The minimum Gasteiger partial charge on any atom is -0.334 e. The van der Waals surface area contributed by atoms with Gasteiger partial charge in [-0.15, -0.1) is 0 Å². The number of carbonyl (C=O) groups is 3. The second-order valence-corrected chi connectivity index (χ2v) is 7.84. The van der Waals surface area contributed by atoms with Gasteiger partial charge in [0.1, 0.15) is 5.65 Å². The molecule has 7 heteroatoms. The number of hydrogen-bond donors (Lipinski definition) is 0. The lowest BCUT2D eigenvalue weighted by molar-refractivity contribution is -0.132. The van der Waals surface area contributed by atoms with Crippen molar-refractivity contribution in [1.29, 1.82) is 0 Å². The van der Waals surface area contributed by atoms with Crippen LogP contribution >= 0.6 is 0 Å². The quantitative estimate of drug-likeness (QED) is 0.570. The number of amides is 3. The summed E-state index contributed by atoms with van der Waals surface area (Å²) in [5, 5.41) is 0. The van der Waals surface area contributed by atoms with Gasteiger partial charge in [0.25, 0.3) is 11.8 Å². The average Bonchev–Trinajstić information content (AvgIpc) is 3.49. The van der Waals surface area contributed by atoms with Crippen LogP contribution in [-0.4, -0.2) is 49.5 Å². The van der Waals surface area contributed by atoms with E-state index in [2.05, 4.69) is 4.98 Å². The minimum absolute atomic E-state index is 0.0555. The van der Waals surface area contributed by atoms with Crippen LogP contribution < -0.4 is 0 Å². The Bertz CT molecular complexity index is 1110. The summed E-state index contributed by atoms with van der Waals surface area (Å²) in [5.74, 6) is -0.486. The minimum atomic E-state index is -0.271. The molecular weight excluding hydrogens is 380 g/mol. The fraction of sp³-hybridized carbons (Fsp3) is 0.304. The monoisotopic (exact) mass is 402 g/mol. The number of carbonyl (C=O) groups excluding carboxylic acids is 3. The molecule has 5 rings (SSSR count). The van der Waals surface area contributed by atoms with Gasteiger partial charge >= 0.3 is 0 Å². The van der Waals surface area contributed by atoms with Gasteiger partial charge in [0.2, 0.25) is 5.91 Å². The van der Waals surface area contributed by atoms with Crippen molar-refractivity contribution < 1.29 is 14.4 Å². The highest BCUT2D eigenvalue weighted by Gasteiger charge is 2.36. The van der Waals surface area contributed by atoms with E-state index >= 15 is 0 Å². The van der Waals surface area contributed by atoms with E-state index in [4.69, 9.17) is 0 Å². The first-order valence-electron chi connectivity index (χ1n) is 10.3. The van der Waals surface area contributed by atoms with Crippen molar-refractivity contribution in [2.75, 3.05) is 6.54 Å². The van der Waals surface area contributed by atoms with Crippen LogP contribution in [0.5, 0.6) is 0 Å². The molecule has 1 aliphatic carbocycles. The molecule has 3 aromatic rings. The molecule has 1 aliphatic heterocycles. The standard InChI is InChI=1S/C23H22N4O3/c28-21(9-5-13-26-22(29)18-6-1-2-7-19(18)23(26)30)27(16-10-11-16)15-17-14-24-20-8-3-4-12-25(17)20/h1-4,6-8,12,14,16H,5,9-11,13,15H2. The number of benzene rings is 1. The van der Waals surface area contributed by atoms with E-state index in [0.717, 1.165) is 24.2 Å². The molecule has 3 amide bonds. The van der Waals surface area contributed by atoms with Crippen molar-refractivity contribution in [2.24, 2.45) is 0 Å². The van der Waals surface area contributed by atoms with E-state index in [1.54, 1.807) is 24.3 Å². The molecule has 0 spiro atoms. The fourth-order valence-electron chi connectivity index (χ4n) is 4.06. The second-order valence-electron chi connectivity index (χ2n) is 7.84. The van der Waals surface area contributed by atoms with E-state index in [1.165, 1.54) is 4.90 Å². The number of rotatable bonds is 7. The van der Waals surface area contributed by atoms with Crippen molar-refractivity contribution in [1.82, 2.24) is 19.2 Å². The van der Waals surface area contributed by atoms with Gasteiger partial charge in [-0.05, 0) is 43.5 Å². The Morgan fingerprint density at radius 3 is 2.43 bits per heavy atom. The molecule has 2 aliphatic rings. The molecule has 0 unspecified atom stereocenters. The summed E-state index contributed by atoms with van der Waals surface area (Å²) in [7, 11) is 0. The molecule has 3 heterocycles. The molecule has 30 heavy (non-hydrogen) atoms. The normalized spacial score (nSPS) is 15.7. The van der Waals surface area contributed by atoms with Crippen molar-refractivity contribution in [2.45, 2.75) is 38.3 Å². The summed E-state index contributed by atoms with van der Waals surface area (Å²) in [6, 6.07) is 12.9. The highest BCUT2D eigenvalue weighted by Crippen LogP contribution is 2.29. The topological polar surface area (TPSA) is 75.0 Å². The van der Waals surface area contributed by atoms with Gasteiger partial charge in [-0.3, -0.25) is 19.3 Å². The summed E-state index contributed by atoms with van der Waals surface area (Å²) in [6.07, 6.45) is 6.56. The molecule has 0 atom stereocenters. The SMILES string of the molecule is O=C1c2ccccc2C(=O)N1CCCC(=O)N(Cc1cnc2ccccn12)C1CC1. The van der Waals surface area contributed by atoms with Crippen LogP contribution in [-0.2, 0) is 11.3 Å². The molecule has 0 bridgehead atoms. The van der Waals surface area contributed by atoms with Crippen LogP contribution in [0.1, 0.15) is 52.1 Å². The number of fused-ring (bicyclic) bond motifs is 2. The molecule has 1 aromatic carbocycles. The first-order chi connectivity index (χ1) is 14.6. The van der Waals surface area contributed by atoms with Crippen LogP contribution in [0.15, 0.2) is 54.9 Å². The van der Waals surface area contributed by atoms with E-state index in [0.29, 0.717) is 30.5 Å². The molecular formula is C23H22N4O3. The molecule has 0 saturated heterocycles. The van der Waals surface area contributed by atoms with Crippen LogP contribution in [0.3, 0.4) is 0 Å². The zero-order valence-corrected chi connectivity index (χ0v) is 16.5. The smallest absolute Gasteiger partial charge is 0.261 e. The molecule has 1 saturated carbocycles. The largest absolute Gasteiger partial charge is 0.334 e. The van der Waals surface area contributed by atoms with Gasteiger partial charge in [0.15, 0.2) is 0 Å². The van der Waals surface area contributed by atoms with E-state index in [-0.39, 0.29) is 30.3 Å². The summed E-state index contributed by atoms with van der Waals surface area (Å²) < 4.78 is 2.00. The van der Waals surface area contributed by atoms with Crippen molar-refractivity contribution in [3.05, 3.63) is 71.7 Å². The number of imidazole rings is 1. The van der Waals surface area contributed by atoms with E-state index < -0.39 is 0 Å². The van der Waals surface area contributed by atoms with Gasteiger partial charge in [-0.25, -0.2) is 4.98 Å². The maximum atomic E-state index is 12.9. The first kappa shape index (κ1) is 18.5. The third kappa shape index (κ3) is 3.26.